The van der Waals surface area contributed by atoms with Gasteiger partial charge in [-0.3, -0.25) is 9.69 Å². The molecule has 3 aromatic rings. The lowest BCUT2D eigenvalue weighted by Crippen LogP contribution is -2.41. The van der Waals surface area contributed by atoms with Crippen LogP contribution in [0.1, 0.15) is 37.7 Å². The van der Waals surface area contributed by atoms with Gasteiger partial charge in [-0.2, -0.15) is 0 Å². The number of hydrogen-bond acceptors (Lipinski definition) is 5. The summed E-state index contributed by atoms with van der Waals surface area (Å²) in [5.74, 6) is 1.47. The lowest BCUT2D eigenvalue weighted by molar-refractivity contribution is 0.0406. The third-order valence-corrected chi connectivity index (χ3v) is 6.24. The van der Waals surface area contributed by atoms with E-state index in [1.165, 1.54) is 32.1 Å². The van der Waals surface area contributed by atoms with Gasteiger partial charge in [-0.15, -0.1) is 0 Å². The van der Waals surface area contributed by atoms with Gasteiger partial charge in [0.05, 0.1) is 23.6 Å². The second-order valence-electron chi connectivity index (χ2n) is 7.91. The van der Waals surface area contributed by atoms with E-state index in [0.717, 1.165) is 23.4 Å². The summed E-state index contributed by atoms with van der Waals surface area (Å²) < 4.78 is 17.5. The van der Waals surface area contributed by atoms with Crippen molar-refractivity contribution < 1.29 is 13.9 Å². The predicted molar refractivity (Wildman–Crippen MR) is 112 cm³/mol. The van der Waals surface area contributed by atoms with E-state index in [9.17, 15) is 4.79 Å². The van der Waals surface area contributed by atoms with Crippen LogP contribution in [0.2, 0.25) is 0 Å². The Morgan fingerprint density at radius 2 is 1.86 bits per heavy atom. The van der Waals surface area contributed by atoms with Crippen molar-refractivity contribution in [3.05, 3.63) is 58.4 Å². The Balaban J connectivity index is 1.57. The first-order chi connectivity index (χ1) is 14.3. The Kier molecular flexibility index (Phi) is 4.76. The summed E-state index contributed by atoms with van der Waals surface area (Å²) in [6, 6.07) is 11.8. The summed E-state index contributed by atoms with van der Waals surface area (Å²) in [5, 5.41) is 0.584. The molecule has 0 radical (unpaired) electrons. The summed E-state index contributed by atoms with van der Waals surface area (Å²) in [6.45, 7) is 1.36. The standard InChI is InChI=1S/C24H25NO4/c1-27-21-10-6-5-9-17(21)20-14-28-24-18(23(20)26)11-12-22-19(24)13-25(15-29-22)16-7-3-2-4-8-16/h5-6,9-12,14,16H,2-4,7-8,13,15H2,1H3. The van der Waals surface area contributed by atoms with Gasteiger partial charge in [0.25, 0.3) is 0 Å². The zero-order valence-corrected chi connectivity index (χ0v) is 16.6. The van der Waals surface area contributed by atoms with Crippen molar-refractivity contribution in [2.24, 2.45) is 0 Å². The molecule has 5 rings (SSSR count). The number of rotatable bonds is 3. The zero-order chi connectivity index (χ0) is 19.8. The molecule has 5 heteroatoms. The Morgan fingerprint density at radius 1 is 1.03 bits per heavy atom. The van der Waals surface area contributed by atoms with Gasteiger partial charge in [0, 0.05) is 18.2 Å². The highest BCUT2D eigenvalue weighted by Gasteiger charge is 2.28. The van der Waals surface area contributed by atoms with Gasteiger partial charge < -0.3 is 13.9 Å². The second kappa shape index (κ2) is 7.56. The Bertz CT molecular complexity index is 1100. The number of hydrogen-bond donors (Lipinski definition) is 0. The first-order valence-electron chi connectivity index (χ1n) is 10.3. The van der Waals surface area contributed by atoms with Crippen molar-refractivity contribution in [1.29, 1.82) is 0 Å². The SMILES string of the molecule is COc1ccccc1-c1coc2c3c(ccc2c1=O)OCN(C1CCCCC1)C3. The molecule has 1 aromatic heterocycles. The fraction of sp³-hybridized carbons (Fsp3) is 0.375. The maximum Gasteiger partial charge on any atom is 0.200 e. The summed E-state index contributed by atoms with van der Waals surface area (Å²) in [6.07, 6.45) is 7.87. The van der Waals surface area contributed by atoms with Gasteiger partial charge in [-0.1, -0.05) is 37.5 Å². The first-order valence-corrected chi connectivity index (χ1v) is 10.3. The fourth-order valence-electron chi connectivity index (χ4n) is 4.66. The molecule has 0 spiro atoms. The normalized spacial score (nSPS) is 17.7. The van der Waals surface area contributed by atoms with Crippen molar-refractivity contribution in [3.8, 4) is 22.6 Å². The molecule has 2 heterocycles. The molecule has 2 aromatic carbocycles. The molecular weight excluding hydrogens is 366 g/mol. The van der Waals surface area contributed by atoms with Crippen molar-refractivity contribution in [1.82, 2.24) is 4.90 Å². The zero-order valence-electron chi connectivity index (χ0n) is 16.6. The second-order valence-corrected chi connectivity index (χ2v) is 7.91. The Labute approximate surface area is 169 Å². The third kappa shape index (κ3) is 3.19. The van der Waals surface area contributed by atoms with Gasteiger partial charge in [0.1, 0.15) is 30.1 Å². The van der Waals surface area contributed by atoms with E-state index >= 15 is 0 Å². The van der Waals surface area contributed by atoms with E-state index in [4.69, 9.17) is 13.9 Å². The minimum Gasteiger partial charge on any atom is -0.496 e. The average molecular weight is 391 g/mol. The van der Waals surface area contributed by atoms with Gasteiger partial charge in [-0.25, -0.2) is 0 Å². The minimum absolute atomic E-state index is 0.0478. The van der Waals surface area contributed by atoms with E-state index in [2.05, 4.69) is 4.90 Å². The van der Waals surface area contributed by atoms with Crippen LogP contribution in [0.4, 0.5) is 0 Å². The average Bonchev–Trinajstić information content (AvgIpc) is 2.79. The molecule has 150 valence electrons. The third-order valence-electron chi connectivity index (χ3n) is 6.24. The lowest BCUT2D eigenvalue weighted by atomic mass is 9.93. The van der Waals surface area contributed by atoms with Gasteiger partial charge in [0.15, 0.2) is 0 Å². The molecule has 1 aliphatic carbocycles. The highest BCUT2D eigenvalue weighted by molar-refractivity contribution is 5.86. The summed E-state index contributed by atoms with van der Waals surface area (Å²) in [7, 11) is 1.61. The molecular formula is C24H25NO4. The predicted octanol–water partition coefficient (Wildman–Crippen LogP) is 4.95. The smallest absolute Gasteiger partial charge is 0.200 e. The molecule has 29 heavy (non-hydrogen) atoms. The van der Waals surface area contributed by atoms with Crippen molar-refractivity contribution in [2.45, 2.75) is 44.7 Å². The quantitative estimate of drug-likeness (QED) is 0.632. The van der Waals surface area contributed by atoms with Crippen LogP contribution in [-0.2, 0) is 6.54 Å². The lowest BCUT2D eigenvalue weighted by Gasteiger charge is -2.37. The van der Waals surface area contributed by atoms with Gasteiger partial charge in [0.2, 0.25) is 5.43 Å². The molecule has 0 N–H and O–H groups in total. The van der Waals surface area contributed by atoms with Crippen LogP contribution < -0.4 is 14.9 Å². The maximum absolute atomic E-state index is 13.3. The highest BCUT2D eigenvalue weighted by Crippen LogP contribution is 2.36. The summed E-state index contributed by atoms with van der Waals surface area (Å²) >= 11 is 0. The van der Waals surface area contributed by atoms with Gasteiger partial charge >= 0.3 is 0 Å². The monoisotopic (exact) mass is 391 g/mol. The van der Waals surface area contributed by atoms with Crippen LogP contribution in [0.3, 0.4) is 0 Å². The first kappa shape index (κ1) is 18.3. The number of benzene rings is 2. The Hall–Kier alpha value is -2.79. The number of ether oxygens (including phenoxy) is 2. The molecule has 1 aliphatic heterocycles. The van der Waals surface area contributed by atoms with Crippen LogP contribution in [-0.4, -0.2) is 24.8 Å². The largest absolute Gasteiger partial charge is 0.496 e. The number of nitrogens with zero attached hydrogens (tertiary/aromatic N) is 1. The molecule has 0 bridgehead atoms. The van der Waals surface area contributed by atoms with Crippen molar-refractivity contribution in [3.63, 3.8) is 0 Å². The summed E-state index contributed by atoms with van der Waals surface area (Å²) in [5.41, 5.74) is 2.81. The summed E-state index contributed by atoms with van der Waals surface area (Å²) in [4.78, 5) is 15.7. The molecule has 2 aliphatic rings. The van der Waals surface area contributed by atoms with Crippen LogP contribution >= 0.6 is 0 Å². The van der Waals surface area contributed by atoms with E-state index in [-0.39, 0.29) is 5.43 Å². The van der Waals surface area contributed by atoms with E-state index in [0.29, 0.717) is 35.1 Å². The maximum atomic E-state index is 13.3. The highest BCUT2D eigenvalue weighted by atomic mass is 16.5. The molecule has 1 fully saturated rings. The topological polar surface area (TPSA) is 51.9 Å². The van der Waals surface area contributed by atoms with Crippen LogP contribution in [0, 0.1) is 0 Å². The minimum atomic E-state index is -0.0478. The fourth-order valence-corrected chi connectivity index (χ4v) is 4.66. The van der Waals surface area contributed by atoms with E-state index in [1.54, 1.807) is 13.4 Å². The molecule has 0 unspecified atom stereocenters. The number of fused-ring (bicyclic) bond motifs is 3. The molecule has 0 amide bonds. The molecule has 1 saturated carbocycles. The molecule has 0 atom stereocenters. The van der Waals surface area contributed by atoms with E-state index in [1.807, 2.05) is 36.4 Å². The molecule has 0 saturated heterocycles. The Morgan fingerprint density at radius 3 is 2.69 bits per heavy atom. The molecule has 5 nitrogen and oxygen atoms in total. The van der Waals surface area contributed by atoms with Gasteiger partial charge in [-0.05, 0) is 31.0 Å². The van der Waals surface area contributed by atoms with Crippen molar-refractivity contribution in [2.75, 3.05) is 13.8 Å². The van der Waals surface area contributed by atoms with Crippen molar-refractivity contribution >= 4 is 11.0 Å². The number of para-hydroxylation sites is 1. The van der Waals surface area contributed by atoms with Crippen LogP contribution in [0.15, 0.2) is 51.9 Å². The van der Waals surface area contributed by atoms with Crippen LogP contribution in [0.5, 0.6) is 11.5 Å². The number of methoxy groups -OCH3 is 1. The van der Waals surface area contributed by atoms with E-state index < -0.39 is 0 Å². The van der Waals surface area contributed by atoms with Crippen LogP contribution in [0.25, 0.3) is 22.1 Å².